The summed E-state index contributed by atoms with van der Waals surface area (Å²) < 4.78 is 27.3. The maximum absolute atomic E-state index is 12.6. The first-order valence-electron chi connectivity index (χ1n) is 3.75. The molecule has 0 unspecified atom stereocenters. The molecule has 0 bridgehead atoms. The largest absolute Gasteiger partial charge is 0.264 e. The van der Waals surface area contributed by atoms with Gasteiger partial charge >= 0.3 is 0 Å². The van der Waals surface area contributed by atoms with E-state index in [9.17, 15) is 8.78 Å². The Bertz CT molecular complexity index is 481. The predicted molar refractivity (Wildman–Crippen MR) is 59.5 cm³/mol. The van der Waals surface area contributed by atoms with Crippen LogP contribution in [0.25, 0.3) is 10.1 Å². The van der Waals surface area contributed by atoms with Crippen molar-refractivity contribution < 1.29 is 8.78 Å². The Balaban J connectivity index is 2.81. The summed E-state index contributed by atoms with van der Waals surface area (Å²) in [6.45, 7) is 0. The van der Waals surface area contributed by atoms with Crippen molar-refractivity contribution in [1.82, 2.24) is 0 Å². The highest BCUT2D eigenvalue weighted by Crippen LogP contribution is 2.39. The topological polar surface area (TPSA) is 0 Å². The molecule has 0 amide bonds. The monoisotopic (exact) mass is 296 g/mol. The van der Waals surface area contributed by atoms with Crippen molar-refractivity contribution in [2.24, 2.45) is 0 Å². The van der Waals surface area contributed by atoms with Gasteiger partial charge in [0.05, 0.1) is 9.04 Å². The van der Waals surface area contributed by atoms with Gasteiger partial charge in [0.2, 0.25) is 0 Å². The summed E-state index contributed by atoms with van der Waals surface area (Å²) in [6, 6.07) is 4.62. The number of hydrogen-bond acceptors (Lipinski definition) is 1. The molecule has 1 aromatic carbocycles. The molecule has 2 aromatic rings. The maximum atomic E-state index is 12.6. The second-order valence-corrected chi connectivity index (χ2v) is 5.27. The number of halogens is 4. The third kappa shape index (κ3) is 1.66. The number of hydrogen-bond donors (Lipinski definition) is 0. The van der Waals surface area contributed by atoms with Gasteiger partial charge in [0.1, 0.15) is 0 Å². The van der Waals surface area contributed by atoms with E-state index in [1.165, 1.54) is 17.4 Å². The lowest BCUT2D eigenvalue weighted by molar-refractivity contribution is 0.153. The highest BCUT2D eigenvalue weighted by atomic mass is 79.9. The van der Waals surface area contributed by atoms with E-state index < -0.39 is 6.43 Å². The van der Waals surface area contributed by atoms with Crippen molar-refractivity contribution in [3.05, 3.63) is 32.6 Å². The lowest BCUT2D eigenvalue weighted by atomic mass is 10.1. The van der Waals surface area contributed by atoms with E-state index in [0.717, 1.165) is 9.17 Å². The van der Waals surface area contributed by atoms with Gasteiger partial charge in [0.25, 0.3) is 6.43 Å². The smallest absolute Gasteiger partial charge is 0.205 e. The zero-order chi connectivity index (χ0) is 10.3. The van der Waals surface area contributed by atoms with Crippen molar-refractivity contribution in [2.45, 2.75) is 6.43 Å². The molecular weight excluding hydrogens is 294 g/mol. The van der Waals surface area contributed by atoms with Crippen molar-refractivity contribution in [3.8, 4) is 0 Å². The molecule has 0 aliphatic carbocycles. The minimum absolute atomic E-state index is 0.0337. The summed E-state index contributed by atoms with van der Waals surface area (Å²) in [7, 11) is 0. The Kier molecular flexibility index (Phi) is 2.77. The van der Waals surface area contributed by atoms with Crippen LogP contribution in [0.15, 0.2) is 22.7 Å². The first kappa shape index (κ1) is 10.3. The zero-order valence-electron chi connectivity index (χ0n) is 6.73. The van der Waals surface area contributed by atoms with Crippen molar-refractivity contribution in [2.75, 3.05) is 0 Å². The molecule has 1 heterocycles. The Labute approximate surface area is 96.6 Å². The third-order valence-corrected chi connectivity index (χ3v) is 4.09. The molecule has 0 radical (unpaired) electrons. The summed E-state index contributed by atoms with van der Waals surface area (Å²) in [5, 5.41) is 0.532. The number of rotatable bonds is 1. The molecular formula is C9H4BrClF2S. The highest BCUT2D eigenvalue weighted by molar-refractivity contribution is 9.10. The molecule has 5 heteroatoms. The molecule has 0 atom stereocenters. The summed E-state index contributed by atoms with van der Waals surface area (Å²) >= 11 is 10.4. The van der Waals surface area contributed by atoms with E-state index in [0.29, 0.717) is 9.72 Å². The Morgan fingerprint density at radius 2 is 2.07 bits per heavy atom. The average molecular weight is 298 g/mol. The second kappa shape index (κ2) is 3.76. The van der Waals surface area contributed by atoms with Gasteiger partial charge in [-0.1, -0.05) is 17.7 Å². The van der Waals surface area contributed by atoms with E-state index in [4.69, 9.17) is 11.6 Å². The van der Waals surface area contributed by atoms with E-state index >= 15 is 0 Å². The van der Waals surface area contributed by atoms with Crippen LogP contribution in [0.5, 0.6) is 0 Å². The third-order valence-electron chi connectivity index (χ3n) is 1.87. The fourth-order valence-corrected chi connectivity index (χ4v) is 3.02. The summed E-state index contributed by atoms with van der Waals surface area (Å²) in [4.78, 5) is 0. The van der Waals surface area contributed by atoms with E-state index in [2.05, 4.69) is 15.9 Å². The van der Waals surface area contributed by atoms with E-state index in [1.54, 1.807) is 12.1 Å². The molecule has 0 nitrogen and oxygen atoms in total. The van der Waals surface area contributed by atoms with Crippen molar-refractivity contribution in [1.29, 1.82) is 0 Å². The van der Waals surface area contributed by atoms with Crippen LogP contribution in [-0.2, 0) is 0 Å². The number of thiophene rings is 1. The summed E-state index contributed by atoms with van der Waals surface area (Å²) in [5.41, 5.74) is 0.0337. The van der Waals surface area contributed by atoms with Crippen LogP contribution < -0.4 is 0 Å². The summed E-state index contributed by atoms with van der Waals surface area (Å²) in [5.74, 6) is 0. The number of alkyl halides is 2. The van der Waals surface area contributed by atoms with Crippen LogP contribution in [-0.4, -0.2) is 0 Å². The molecule has 1 aromatic heterocycles. The standard InChI is InChI=1S/C9H4BrClF2S/c10-6-2-1-4(9(12)13)5-3-7(11)14-8(5)6/h1-3,9H. The molecule has 0 N–H and O–H groups in total. The van der Waals surface area contributed by atoms with E-state index in [1.807, 2.05) is 0 Å². The lowest BCUT2D eigenvalue weighted by Gasteiger charge is -2.02. The molecule has 74 valence electrons. The fourth-order valence-electron chi connectivity index (χ4n) is 1.27. The molecule has 0 aliphatic rings. The molecule has 0 saturated carbocycles. The van der Waals surface area contributed by atoms with Crippen LogP contribution in [0.3, 0.4) is 0 Å². The molecule has 0 aliphatic heterocycles. The van der Waals surface area contributed by atoms with Crippen LogP contribution in [0.4, 0.5) is 8.78 Å². The SMILES string of the molecule is FC(F)c1ccc(Br)c2sc(Cl)cc12. The minimum atomic E-state index is -2.46. The lowest BCUT2D eigenvalue weighted by Crippen LogP contribution is -1.84. The Morgan fingerprint density at radius 3 is 2.71 bits per heavy atom. The Hall–Kier alpha value is -0.190. The van der Waals surface area contributed by atoms with Crippen LogP contribution in [0, 0.1) is 0 Å². The molecule has 0 fully saturated rings. The fraction of sp³-hybridized carbons (Fsp3) is 0.111. The zero-order valence-corrected chi connectivity index (χ0v) is 9.89. The van der Waals surface area contributed by atoms with Crippen molar-refractivity contribution in [3.63, 3.8) is 0 Å². The highest BCUT2D eigenvalue weighted by Gasteiger charge is 2.14. The van der Waals surface area contributed by atoms with Gasteiger partial charge in [-0.3, -0.25) is 0 Å². The molecule has 0 spiro atoms. The Morgan fingerprint density at radius 1 is 1.36 bits per heavy atom. The van der Waals surface area contributed by atoms with Crippen LogP contribution in [0.2, 0.25) is 4.34 Å². The first-order chi connectivity index (χ1) is 6.59. The van der Waals surface area contributed by atoms with Gasteiger partial charge in [-0.2, -0.15) is 0 Å². The second-order valence-electron chi connectivity index (χ2n) is 2.73. The normalized spacial score (nSPS) is 11.5. The minimum Gasteiger partial charge on any atom is -0.205 e. The van der Waals surface area contributed by atoms with Gasteiger partial charge in [0, 0.05) is 15.4 Å². The van der Waals surface area contributed by atoms with Gasteiger partial charge in [-0.25, -0.2) is 8.78 Å². The summed E-state index contributed by atoms with van der Waals surface area (Å²) in [6.07, 6.45) is -2.46. The number of benzene rings is 1. The van der Waals surface area contributed by atoms with Crippen molar-refractivity contribution >= 4 is 49.0 Å². The van der Waals surface area contributed by atoms with Gasteiger partial charge < -0.3 is 0 Å². The number of fused-ring (bicyclic) bond motifs is 1. The maximum Gasteiger partial charge on any atom is 0.264 e. The molecule has 14 heavy (non-hydrogen) atoms. The van der Waals surface area contributed by atoms with Crippen LogP contribution in [0.1, 0.15) is 12.0 Å². The molecule has 2 rings (SSSR count). The first-order valence-corrected chi connectivity index (χ1v) is 5.74. The van der Waals surface area contributed by atoms with Gasteiger partial charge in [0.15, 0.2) is 0 Å². The molecule has 0 saturated heterocycles. The predicted octanol–water partition coefficient (Wildman–Crippen LogP) is 5.25. The van der Waals surface area contributed by atoms with Gasteiger partial charge in [-0.15, -0.1) is 11.3 Å². The van der Waals surface area contributed by atoms with E-state index in [-0.39, 0.29) is 5.56 Å². The average Bonchev–Trinajstić information content (AvgIpc) is 2.47. The quantitative estimate of drug-likeness (QED) is 0.674. The van der Waals surface area contributed by atoms with Crippen LogP contribution >= 0.6 is 38.9 Å². The van der Waals surface area contributed by atoms with Gasteiger partial charge in [-0.05, 0) is 28.1 Å².